The first-order valence-electron chi connectivity index (χ1n) is 6.38. The van der Waals surface area contributed by atoms with Crippen LogP contribution in [0.25, 0.3) is 0 Å². The van der Waals surface area contributed by atoms with Crippen LogP contribution in [-0.4, -0.2) is 20.2 Å². The molecule has 2 aromatic carbocycles. The third-order valence-electron chi connectivity index (χ3n) is 2.99. The van der Waals surface area contributed by atoms with Gasteiger partial charge in [0.1, 0.15) is 29.5 Å². The van der Waals surface area contributed by atoms with Crippen molar-refractivity contribution in [3.8, 4) is 11.5 Å². The first-order chi connectivity index (χ1) is 10.5. The van der Waals surface area contributed by atoms with E-state index in [2.05, 4.69) is 15.9 Å². The number of methoxy groups -OCH3 is 2. The summed E-state index contributed by atoms with van der Waals surface area (Å²) in [7, 11) is 2.82. The molecule has 0 amide bonds. The Kier molecular flexibility index (Phi) is 5.38. The van der Waals surface area contributed by atoms with Gasteiger partial charge in [-0.2, -0.15) is 0 Å². The summed E-state index contributed by atoms with van der Waals surface area (Å²) in [5.74, 6) is 0.0475. The van der Waals surface area contributed by atoms with Gasteiger partial charge < -0.3 is 14.2 Å². The Morgan fingerprint density at radius 2 is 1.95 bits per heavy atom. The van der Waals surface area contributed by atoms with Crippen LogP contribution < -0.4 is 9.47 Å². The Morgan fingerprint density at radius 3 is 2.59 bits per heavy atom. The second-order valence-electron chi connectivity index (χ2n) is 4.38. The van der Waals surface area contributed by atoms with Crippen LogP contribution >= 0.6 is 15.9 Å². The molecule has 4 nitrogen and oxygen atoms in total. The predicted octanol–water partition coefficient (Wildman–Crippen LogP) is 3.96. The molecule has 0 aliphatic carbocycles. The Morgan fingerprint density at radius 1 is 1.18 bits per heavy atom. The minimum Gasteiger partial charge on any atom is -0.497 e. The van der Waals surface area contributed by atoms with E-state index < -0.39 is 5.97 Å². The smallest absolute Gasteiger partial charge is 0.341 e. The molecule has 0 radical (unpaired) electrons. The Bertz CT molecular complexity index is 688. The van der Waals surface area contributed by atoms with Crippen LogP contribution in [0.15, 0.2) is 40.9 Å². The van der Waals surface area contributed by atoms with Gasteiger partial charge in [-0.15, -0.1) is 0 Å². The molecule has 0 aliphatic rings. The summed E-state index contributed by atoms with van der Waals surface area (Å²) in [6, 6.07) is 9.12. The van der Waals surface area contributed by atoms with Crippen molar-refractivity contribution < 1.29 is 23.4 Å². The molecule has 0 heterocycles. The quantitative estimate of drug-likeness (QED) is 0.749. The molecule has 2 rings (SSSR count). The summed E-state index contributed by atoms with van der Waals surface area (Å²) in [5, 5.41) is 0. The molecule has 2 aromatic rings. The third kappa shape index (κ3) is 3.76. The molecular weight excluding hydrogens is 355 g/mol. The van der Waals surface area contributed by atoms with Gasteiger partial charge in [-0.1, -0.05) is 22.0 Å². The average molecular weight is 369 g/mol. The zero-order valence-corrected chi connectivity index (χ0v) is 13.6. The van der Waals surface area contributed by atoms with Crippen molar-refractivity contribution in [2.24, 2.45) is 0 Å². The summed E-state index contributed by atoms with van der Waals surface area (Å²) in [6.45, 7) is 0.165. The number of esters is 1. The Hall–Kier alpha value is -2.08. The van der Waals surface area contributed by atoms with Crippen LogP contribution in [0.5, 0.6) is 11.5 Å². The summed E-state index contributed by atoms with van der Waals surface area (Å²) in [5.41, 5.74) is 1.04. The number of rotatable bonds is 5. The highest BCUT2D eigenvalue weighted by Gasteiger charge is 2.15. The molecule has 22 heavy (non-hydrogen) atoms. The van der Waals surface area contributed by atoms with Crippen molar-refractivity contribution in [2.45, 2.75) is 6.61 Å². The first-order valence-corrected chi connectivity index (χ1v) is 7.17. The number of carbonyl (C=O) groups is 1. The second-order valence-corrected chi connectivity index (χ2v) is 5.23. The van der Waals surface area contributed by atoms with E-state index in [0.29, 0.717) is 21.5 Å². The fourth-order valence-electron chi connectivity index (χ4n) is 1.82. The van der Waals surface area contributed by atoms with Crippen LogP contribution in [0.4, 0.5) is 4.39 Å². The lowest BCUT2D eigenvalue weighted by atomic mass is 10.2. The number of benzene rings is 2. The zero-order chi connectivity index (χ0) is 16.1. The molecule has 0 bridgehead atoms. The van der Waals surface area contributed by atoms with E-state index in [-0.39, 0.29) is 12.4 Å². The maximum absolute atomic E-state index is 13.1. The van der Waals surface area contributed by atoms with E-state index in [1.807, 2.05) is 0 Å². The summed E-state index contributed by atoms with van der Waals surface area (Å²) in [6.07, 6.45) is 0. The van der Waals surface area contributed by atoms with E-state index in [1.54, 1.807) is 24.3 Å². The molecule has 0 fully saturated rings. The maximum atomic E-state index is 13.1. The van der Waals surface area contributed by atoms with Crippen LogP contribution in [-0.2, 0) is 11.3 Å². The van der Waals surface area contributed by atoms with E-state index in [0.717, 1.165) is 5.56 Å². The molecule has 0 aliphatic heterocycles. The fraction of sp³-hybridized carbons (Fsp3) is 0.188. The normalized spacial score (nSPS) is 10.2. The third-order valence-corrected chi connectivity index (χ3v) is 3.73. The van der Waals surface area contributed by atoms with Crippen LogP contribution in [0, 0.1) is 5.82 Å². The van der Waals surface area contributed by atoms with Crippen LogP contribution in [0.3, 0.4) is 0 Å². The van der Waals surface area contributed by atoms with E-state index >= 15 is 0 Å². The molecule has 116 valence electrons. The summed E-state index contributed by atoms with van der Waals surface area (Å²) < 4.78 is 29.2. The average Bonchev–Trinajstić information content (AvgIpc) is 2.53. The van der Waals surface area contributed by atoms with Gasteiger partial charge in [0.05, 0.1) is 14.2 Å². The van der Waals surface area contributed by atoms with Gasteiger partial charge in [-0.05, 0) is 24.3 Å². The number of ether oxygens (including phenoxy) is 3. The lowest BCUT2D eigenvalue weighted by Gasteiger charge is -2.12. The van der Waals surface area contributed by atoms with Gasteiger partial charge >= 0.3 is 5.97 Å². The minimum atomic E-state index is -0.504. The molecule has 0 aromatic heterocycles. The zero-order valence-electron chi connectivity index (χ0n) is 12.1. The van der Waals surface area contributed by atoms with Gasteiger partial charge in [-0.3, -0.25) is 0 Å². The first kappa shape index (κ1) is 16.3. The largest absolute Gasteiger partial charge is 0.497 e. The number of hydrogen-bond donors (Lipinski definition) is 0. The predicted molar refractivity (Wildman–Crippen MR) is 82.8 cm³/mol. The standard InChI is InChI=1S/C16H14BrFO4/c1-20-12-5-6-13(16(19)21-2)15(8-12)22-9-10-3-4-11(18)7-14(10)17/h3-8H,9H2,1-2H3. The highest BCUT2D eigenvalue weighted by atomic mass is 79.9. The number of halogens is 2. The molecule has 0 spiro atoms. The molecule has 0 unspecified atom stereocenters. The molecule has 0 N–H and O–H groups in total. The van der Waals surface area contributed by atoms with E-state index in [9.17, 15) is 9.18 Å². The lowest BCUT2D eigenvalue weighted by molar-refractivity contribution is 0.0595. The van der Waals surface area contributed by atoms with E-state index in [4.69, 9.17) is 14.2 Å². The van der Waals surface area contributed by atoms with E-state index in [1.165, 1.54) is 26.4 Å². The fourth-order valence-corrected chi connectivity index (χ4v) is 2.29. The highest BCUT2D eigenvalue weighted by Crippen LogP contribution is 2.27. The van der Waals surface area contributed by atoms with Gasteiger partial charge in [0.2, 0.25) is 0 Å². The summed E-state index contributed by atoms with van der Waals surface area (Å²) in [4.78, 5) is 11.8. The molecule has 0 saturated heterocycles. The highest BCUT2D eigenvalue weighted by molar-refractivity contribution is 9.10. The van der Waals surface area contributed by atoms with Gasteiger partial charge in [0, 0.05) is 16.1 Å². The van der Waals surface area contributed by atoms with Crippen molar-refractivity contribution in [1.29, 1.82) is 0 Å². The molecule has 6 heteroatoms. The maximum Gasteiger partial charge on any atom is 0.341 e. The lowest BCUT2D eigenvalue weighted by Crippen LogP contribution is -2.06. The van der Waals surface area contributed by atoms with Crippen molar-refractivity contribution in [3.05, 3.63) is 57.8 Å². The molecule has 0 atom stereocenters. The Labute approximate surface area is 135 Å². The second kappa shape index (κ2) is 7.26. The SMILES string of the molecule is COC(=O)c1ccc(OC)cc1OCc1ccc(F)cc1Br. The number of carbonyl (C=O) groups excluding carboxylic acids is 1. The van der Waals surface area contributed by atoms with Gasteiger partial charge in [0.15, 0.2) is 0 Å². The van der Waals surface area contributed by atoms with Gasteiger partial charge in [0.25, 0.3) is 0 Å². The van der Waals surface area contributed by atoms with Gasteiger partial charge in [-0.25, -0.2) is 9.18 Å². The van der Waals surface area contributed by atoms with Crippen molar-refractivity contribution >= 4 is 21.9 Å². The Balaban J connectivity index is 2.25. The van der Waals surface area contributed by atoms with Crippen molar-refractivity contribution in [3.63, 3.8) is 0 Å². The van der Waals surface area contributed by atoms with Crippen molar-refractivity contribution in [1.82, 2.24) is 0 Å². The minimum absolute atomic E-state index is 0.165. The topological polar surface area (TPSA) is 44.8 Å². The summed E-state index contributed by atoms with van der Waals surface area (Å²) >= 11 is 3.27. The van der Waals surface area contributed by atoms with Crippen LogP contribution in [0.2, 0.25) is 0 Å². The molecular formula is C16H14BrFO4. The van der Waals surface area contributed by atoms with Crippen molar-refractivity contribution in [2.75, 3.05) is 14.2 Å². The van der Waals surface area contributed by atoms with Crippen LogP contribution in [0.1, 0.15) is 15.9 Å². The monoisotopic (exact) mass is 368 g/mol. The number of hydrogen-bond acceptors (Lipinski definition) is 4. The molecule has 0 saturated carbocycles.